The van der Waals surface area contributed by atoms with Gasteiger partial charge in [-0.3, -0.25) is 9.52 Å². The van der Waals surface area contributed by atoms with Crippen LogP contribution in [0, 0.1) is 13.8 Å². The second-order valence-electron chi connectivity index (χ2n) is 5.17. The van der Waals surface area contributed by atoms with E-state index in [1.54, 1.807) is 6.92 Å². The number of carbonyl (C=O) groups excluding carboxylic acids is 1. The van der Waals surface area contributed by atoms with Crippen LogP contribution in [0.2, 0.25) is 0 Å². The van der Waals surface area contributed by atoms with E-state index in [4.69, 9.17) is 4.74 Å². The topological polar surface area (TPSA) is 97.4 Å². The Hall–Kier alpha value is -2.13. The maximum Gasteiger partial charge on any atom is 0.265 e. The number of thiazole rings is 1. The molecule has 2 aromatic rings. The van der Waals surface area contributed by atoms with Gasteiger partial charge in [-0.15, -0.1) is 11.3 Å². The summed E-state index contributed by atoms with van der Waals surface area (Å²) in [5.41, 5.74) is 1.12. The number of aromatic nitrogens is 1. The highest BCUT2D eigenvalue weighted by Gasteiger charge is 2.26. The number of hydrogen-bond donors (Lipinski definition) is 2. The number of ether oxygens (including phenoxy) is 1. The third-order valence-electron chi connectivity index (χ3n) is 3.44. The Morgan fingerprint density at radius 3 is 2.74 bits per heavy atom. The zero-order valence-electron chi connectivity index (χ0n) is 12.7. The van der Waals surface area contributed by atoms with Crippen LogP contribution in [-0.4, -0.2) is 25.4 Å². The quantitative estimate of drug-likeness (QED) is 0.882. The van der Waals surface area contributed by atoms with Crippen molar-refractivity contribution in [3.63, 3.8) is 0 Å². The molecule has 9 heteroatoms. The Labute approximate surface area is 137 Å². The van der Waals surface area contributed by atoms with Gasteiger partial charge in [-0.25, -0.2) is 13.4 Å². The van der Waals surface area contributed by atoms with Crippen LogP contribution in [0.1, 0.15) is 17.5 Å². The van der Waals surface area contributed by atoms with Gasteiger partial charge in [-0.2, -0.15) is 0 Å². The molecule has 1 aromatic carbocycles. The van der Waals surface area contributed by atoms with Gasteiger partial charge in [0.05, 0.1) is 16.3 Å². The maximum absolute atomic E-state index is 12.5. The monoisotopic (exact) mass is 353 g/mol. The van der Waals surface area contributed by atoms with Crippen molar-refractivity contribution >= 4 is 38.1 Å². The fourth-order valence-electron chi connectivity index (χ4n) is 2.05. The summed E-state index contributed by atoms with van der Waals surface area (Å²) in [6, 6.07) is 4.33. The SMILES string of the molecule is Cc1nc(NS(=O)(=O)c2ccc3c(c2)NC(=O)C(C)O3)sc1C. The molecule has 2 heterocycles. The number of aryl methyl sites for hydroxylation is 2. The second-order valence-corrected chi connectivity index (χ2v) is 8.06. The van der Waals surface area contributed by atoms with Crippen molar-refractivity contribution in [1.82, 2.24) is 4.98 Å². The number of fused-ring (bicyclic) bond motifs is 1. The standard InChI is InChI=1S/C14H15N3O4S2/c1-7-9(3)22-14(15-7)17-23(19,20)10-4-5-12-11(6-10)16-13(18)8(2)21-12/h4-6,8H,1-3H3,(H,15,17)(H,16,18). The minimum atomic E-state index is -3.79. The van der Waals surface area contributed by atoms with Crippen LogP contribution in [0.4, 0.5) is 10.8 Å². The minimum Gasteiger partial charge on any atom is -0.479 e. The molecule has 122 valence electrons. The fourth-order valence-corrected chi connectivity index (χ4v) is 4.12. The lowest BCUT2D eigenvalue weighted by atomic mass is 10.2. The van der Waals surface area contributed by atoms with Crippen molar-refractivity contribution in [2.75, 3.05) is 10.0 Å². The number of anilines is 2. The molecule has 2 N–H and O–H groups in total. The highest BCUT2D eigenvalue weighted by molar-refractivity contribution is 7.93. The predicted octanol–water partition coefficient (Wildman–Crippen LogP) is 2.28. The molecular weight excluding hydrogens is 338 g/mol. The summed E-state index contributed by atoms with van der Waals surface area (Å²) in [6.07, 6.45) is -0.607. The van der Waals surface area contributed by atoms with E-state index in [1.165, 1.54) is 29.5 Å². The largest absolute Gasteiger partial charge is 0.479 e. The average Bonchev–Trinajstić information content (AvgIpc) is 2.77. The number of benzene rings is 1. The van der Waals surface area contributed by atoms with Gasteiger partial charge in [0.1, 0.15) is 5.75 Å². The van der Waals surface area contributed by atoms with Gasteiger partial charge in [0.15, 0.2) is 11.2 Å². The smallest absolute Gasteiger partial charge is 0.265 e. The normalized spacial score (nSPS) is 17.2. The first-order valence-corrected chi connectivity index (χ1v) is 9.14. The third-order valence-corrected chi connectivity index (χ3v) is 5.90. The van der Waals surface area contributed by atoms with E-state index in [0.717, 1.165) is 10.6 Å². The van der Waals surface area contributed by atoms with Crippen molar-refractivity contribution < 1.29 is 17.9 Å². The lowest BCUT2D eigenvalue weighted by molar-refractivity contribution is -0.122. The fraction of sp³-hybridized carbons (Fsp3) is 0.286. The van der Waals surface area contributed by atoms with Gasteiger partial charge < -0.3 is 10.1 Å². The molecule has 0 radical (unpaired) electrons. The van der Waals surface area contributed by atoms with E-state index in [9.17, 15) is 13.2 Å². The number of carbonyl (C=O) groups is 1. The molecule has 0 spiro atoms. The summed E-state index contributed by atoms with van der Waals surface area (Å²) in [6.45, 7) is 5.31. The lowest BCUT2D eigenvalue weighted by Gasteiger charge is -2.23. The van der Waals surface area contributed by atoms with E-state index in [1.807, 2.05) is 13.8 Å². The first-order chi connectivity index (χ1) is 10.8. The van der Waals surface area contributed by atoms with Crippen LogP contribution in [0.15, 0.2) is 23.1 Å². The number of hydrogen-bond acceptors (Lipinski definition) is 6. The molecule has 1 unspecified atom stereocenters. The molecular formula is C14H15N3O4S2. The Kier molecular flexibility index (Phi) is 3.77. The van der Waals surface area contributed by atoms with Crippen LogP contribution < -0.4 is 14.8 Å². The van der Waals surface area contributed by atoms with Crippen LogP contribution >= 0.6 is 11.3 Å². The summed E-state index contributed by atoms with van der Waals surface area (Å²) in [5.74, 6) is 0.128. The zero-order valence-corrected chi connectivity index (χ0v) is 14.3. The second kappa shape index (κ2) is 5.50. The molecule has 1 aliphatic heterocycles. The number of amides is 1. The summed E-state index contributed by atoms with van der Waals surface area (Å²) in [7, 11) is -3.79. The lowest BCUT2D eigenvalue weighted by Crippen LogP contribution is -2.34. The summed E-state index contributed by atoms with van der Waals surface area (Å²) < 4.78 is 32.8. The Bertz CT molecular complexity index is 870. The van der Waals surface area contributed by atoms with Crippen molar-refractivity contribution in [2.45, 2.75) is 31.8 Å². The molecule has 1 atom stereocenters. The molecule has 0 bridgehead atoms. The van der Waals surface area contributed by atoms with E-state index in [2.05, 4.69) is 15.0 Å². The molecule has 0 saturated carbocycles. The molecule has 0 fully saturated rings. The van der Waals surface area contributed by atoms with Crippen molar-refractivity contribution in [1.29, 1.82) is 0 Å². The van der Waals surface area contributed by atoms with Gasteiger partial charge in [0.25, 0.3) is 15.9 Å². The Morgan fingerprint density at radius 2 is 2.09 bits per heavy atom. The molecule has 1 amide bonds. The van der Waals surface area contributed by atoms with Gasteiger partial charge in [-0.1, -0.05) is 0 Å². The molecule has 7 nitrogen and oxygen atoms in total. The Balaban J connectivity index is 1.91. The summed E-state index contributed by atoms with van der Waals surface area (Å²) in [5, 5.41) is 2.94. The molecule has 3 rings (SSSR count). The third kappa shape index (κ3) is 3.02. The number of nitrogens with zero attached hydrogens (tertiary/aromatic N) is 1. The van der Waals surface area contributed by atoms with E-state index in [0.29, 0.717) is 16.6 Å². The van der Waals surface area contributed by atoms with Gasteiger partial charge in [0.2, 0.25) is 0 Å². The molecule has 1 aromatic heterocycles. The first kappa shape index (κ1) is 15.8. The van der Waals surface area contributed by atoms with Gasteiger partial charge in [-0.05, 0) is 39.0 Å². The van der Waals surface area contributed by atoms with Crippen LogP contribution in [0.5, 0.6) is 5.75 Å². The van der Waals surface area contributed by atoms with E-state index in [-0.39, 0.29) is 10.8 Å². The summed E-state index contributed by atoms with van der Waals surface area (Å²) >= 11 is 1.27. The van der Waals surface area contributed by atoms with Gasteiger partial charge >= 0.3 is 0 Å². The molecule has 1 aliphatic rings. The number of sulfonamides is 1. The summed E-state index contributed by atoms with van der Waals surface area (Å²) in [4.78, 5) is 16.8. The minimum absolute atomic E-state index is 0.0280. The zero-order chi connectivity index (χ0) is 16.8. The van der Waals surface area contributed by atoms with Crippen molar-refractivity contribution in [3.8, 4) is 5.75 Å². The van der Waals surface area contributed by atoms with E-state index >= 15 is 0 Å². The molecule has 0 aliphatic carbocycles. The first-order valence-electron chi connectivity index (χ1n) is 6.85. The maximum atomic E-state index is 12.5. The predicted molar refractivity (Wildman–Crippen MR) is 87.6 cm³/mol. The molecule has 23 heavy (non-hydrogen) atoms. The Morgan fingerprint density at radius 1 is 1.35 bits per heavy atom. The van der Waals surface area contributed by atoms with E-state index < -0.39 is 16.1 Å². The average molecular weight is 353 g/mol. The highest BCUT2D eigenvalue weighted by Crippen LogP contribution is 2.32. The number of nitrogens with one attached hydrogen (secondary N) is 2. The van der Waals surface area contributed by atoms with Crippen molar-refractivity contribution in [3.05, 3.63) is 28.8 Å². The van der Waals surface area contributed by atoms with Gasteiger partial charge in [0, 0.05) is 4.88 Å². The van der Waals surface area contributed by atoms with Crippen LogP contribution in [0.3, 0.4) is 0 Å². The number of rotatable bonds is 3. The van der Waals surface area contributed by atoms with Crippen molar-refractivity contribution in [2.24, 2.45) is 0 Å². The highest BCUT2D eigenvalue weighted by atomic mass is 32.2. The van der Waals surface area contributed by atoms with Crippen LogP contribution in [0.25, 0.3) is 0 Å². The molecule has 0 saturated heterocycles. The van der Waals surface area contributed by atoms with Crippen LogP contribution in [-0.2, 0) is 14.8 Å².